The monoisotopic (exact) mass is 369 g/mol. The van der Waals surface area contributed by atoms with Gasteiger partial charge in [0.1, 0.15) is 5.82 Å². The van der Waals surface area contributed by atoms with Gasteiger partial charge in [-0.1, -0.05) is 12.1 Å². The van der Waals surface area contributed by atoms with Crippen molar-refractivity contribution in [1.29, 1.82) is 0 Å². The van der Waals surface area contributed by atoms with Crippen molar-refractivity contribution in [3.63, 3.8) is 0 Å². The van der Waals surface area contributed by atoms with Crippen molar-refractivity contribution >= 4 is 17.2 Å². The average molecular weight is 369 g/mol. The van der Waals surface area contributed by atoms with Crippen molar-refractivity contribution in [2.45, 2.75) is 25.2 Å². The molecule has 0 aliphatic carbocycles. The van der Waals surface area contributed by atoms with E-state index in [-0.39, 0.29) is 11.7 Å². The van der Waals surface area contributed by atoms with E-state index >= 15 is 0 Å². The maximum Gasteiger partial charge on any atom is 0.227 e. The number of piperidine rings is 1. The van der Waals surface area contributed by atoms with Gasteiger partial charge in [-0.05, 0) is 54.0 Å². The first-order valence-corrected chi connectivity index (χ1v) is 9.67. The van der Waals surface area contributed by atoms with Gasteiger partial charge in [-0.25, -0.2) is 9.07 Å². The second-order valence-electron chi connectivity index (χ2n) is 6.61. The van der Waals surface area contributed by atoms with Crippen molar-refractivity contribution in [2.24, 2.45) is 0 Å². The highest BCUT2D eigenvalue weighted by Crippen LogP contribution is 2.28. The molecular formula is C20H20FN3OS. The summed E-state index contributed by atoms with van der Waals surface area (Å²) in [4.78, 5) is 15.5. The van der Waals surface area contributed by atoms with Gasteiger partial charge in [0.05, 0.1) is 18.3 Å². The molecule has 0 bridgehead atoms. The number of thiophene rings is 1. The lowest BCUT2D eigenvalue weighted by Gasteiger charge is -2.31. The Morgan fingerprint density at radius 2 is 2.08 bits per heavy atom. The lowest BCUT2D eigenvalue weighted by molar-refractivity contribution is -0.131. The zero-order valence-corrected chi connectivity index (χ0v) is 15.2. The molecule has 0 spiro atoms. The number of hydrogen-bond donors (Lipinski definition) is 0. The summed E-state index contributed by atoms with van der Waals surface area (Å²) in [7, 11) is 0. The van der Waals surface area contributed by atoms with Crippen LogP contribution in [-0.4, -0.2) is 33.7 Å². The van der Waals surface area contributed by atoms with Crippen LogP contribution in [0.2, 0.25) is 0 Å². The predicted octanol–water partition coefficient (Wildman–Crippen LogP) is 4.02. The second kappa shape index (κ2) is 7.41. The molecule has 0 radical (unpaired) electrons. The molecule has 3 aromatic rings. The predicted molar refractivity (Wildman–Crippen MR) is 100 cm³/mol. The molecule has 0 saturated carbocycles. The molecule has 1 saturated heterocycles. The smallest absolute Gasteiger partial charge is 0.227 e. The third-order valence-corrected chi connectivity index (χ3v) is 5.78. The summed E-state index contributed by atoms with van der Waals surface area (Å²) in [5, 5.41) is 6.38. The number of likely N-dealkylation sites (tertiary alicyclic amines) is 1. The Morgan fingerprint density at radius 1 is 1.23 bits per heavy atom. The normalized spacial score (nSPS) is 15.3. The Labute approximate surface area is 155 Å². The van der Waals surface area contributed by atoms with Gasteiger partial charge in [-0.15, -0.1) is 11.3 Å². The van der Waals surface area contributed by atoms with Gasteiger partial charge in [-0.3, -0.25) is 4.79 Å². The van der Waals surface area contributed by atoms with Crippen LogP contribution in [0.4, 0.5) is 4.39 Å². The van der Waals surface area contributed by atoms with E-state index in [0.29, 0.717) is 12.3 Å². The molecule has 1 amide bonds. The van der Waals surface area contributed by atoms with Gasteiger partial charge in [0.15, 0.2) is 0 Å². The van der Waals surface area contributed by atoms with Crippen LogP contribution in [0.3, 0.4) is 0 Å². The Hall–Kier alpha value is -2.47. The zero-order chi connectivity index (χ0) is 17.9. The Balaban J connectivity index is 1.37. The standard InChI is InChI=1S/C20H20FN3OS/c21-17-3-1-4-18(11-17)24-14-16(13-22-24)15-6-8-23(9-7-15)20(25)12-19-5-2-10-26-19/h1-5,10-11,13-15H,6-9,12H2. The summed E-state index contributed by atoms with van der Waals surface area (Å²) in [5.74, 6) is 0.335. The number of hydrogen-bond acceptors (Lipinski definition) is 3. The lowest BCUT2D eigenvalue weighted by Crippen LogP contribution is -2.38. The first-order chi connectivity index (χ1) is 12.7. The van der Waals surface area contributed by atoms with Crippen molar-refractivity contribution < 1.29 is 9.18 Å². The maximum atomic E-state index is 13.4. The van der Waals surface area contributed by atoms with Crippen LogP contribution < -0.4 is 0 Å². The molecule has 1 fully saturated rings. The van der Waals surface area contributed by atoms with Gasteiger partial charge in [0.2, 0.25) is 5.91 Å². The van der Waals surface area contributed by atoms with Crippen molar-refractivity contribution in [1.82, 2.24) is 14.7 Å². The molecule has 6 heteroatoms. The minimum Gasteiger partial charge on any atom is -0.342 e. The average Bonchev–Trinajstić information content (AvgIpc) is 3.34. The van der Waals surface area contributed by atoms with E-state index in [1.807, 2.05) is 40.9 Å². The van der Waals surface area contributed by atoms with Gasteiger partial charge < -0.3 is 4.90 Å². The van der Waals surface area contributed by atoms with Gasteiger partial charge in [-0.2, -0.15) is 5.10 Å². The van der Waals surface area contributed by atoms with E-state index in [0.717, 1.165) is 42.1 Å². The first kappa shape index (κ1) is 17.0. The van der Waals surface area contributed by atoms with Crippen LogP contribution in [0.1, 0.15) is 29.2 Å². The van der Waals surface area contributed by atoms with Crippen LogP contribution in [-0.2, 0) is 11.2 Å². The highest BCUT2D eigenvalue weighted by Gasteiger charge is 2.25. The third kappa shape index (κ3) is 3.70. The van der Waals surface area contributed by atoms with E-state index in [1.54, 1.807) is 22.1 Å². The van der Waals surface area contributed by atoms with Crippen LogP contribution >= 0.6 is 11.3 Å². The molecule has 2 aromatic heterocycles. The summed E-state index contributed by atoms with van der Waals surface area (Å²) in [5.41, 5.74) is 1.87. The van der Waals surface area contributed by atoms with E-state index < -0.39 is 0 Å². The molecule has 1 aliphatic rings. The highest BCUT2D eigenvalue weighted by molar-refractivity contribution is 7.10. The first-order valence-electron chi connectivity index (χ1n) is 8.80. The van der Waals surface area contributed by atoms with Crippen molar-refractivity contribution in [3.8, 4) is 5.69 Å². The molecular weight excluding hydrogens is 349 g/mol. The molecule has 0 atom stereocenters. The fourth-order valence-electron chi connectivity index (χ4n) is 3.44. The minimum atomic E-state index is -0.267. The quantitative estimate of drug-likeness (QED) is 0.697. The highest BCUT2D eigenvalue weighted by atomic mass is 32.1. The second-order valence-corrected chi connectivity index (χ2v) is 7.64. The fraction of sp³-hybridized carbons (Fsp3) is 0.300. The largest absolute Gasteiger partial charge is 0.342 e. The molecule has 4 rings (SSSR count). The number of rotatable bonds is 4. The molecule has 0 N–H and O–H groups in total. The molecule has 134 valence electrons. The molecule has 1 aromatic carbocycles. The molecule has 1 aliphatic heterocycles. The number of nitrogens with zero attached hydrogens (tertiary/aromatic N) is 3. The number of carbonyl (C=O) groups excluding carboxylic acids is 1. The SMILES string of the molecule is O=C(Cc1cccs1)N1CCC(c2cnn(-c3cccc(F)c3)c2)CC1. The summed E-state index contributed by atoms with van der Waals surface area (Å²) in [6.45, 7) is 1.56. The minimum absolute atomic E-state index is 0.210. The molecule has 4 nitrogen and oxygen atoms in total. The molecule has 26 heavy (non-hydrogen) atoms. The zero-order valence-electron chi connectivity index (χ0n) is 14.3. The summed E-state index contributed by atoms with van der Waals surface area (Å²) < 4.78 is 15.1. The van der Waals surface area contributed by atoms with E-state index in [2.05, 4.69) is 5.10 Å². The lowest BCUT2D eigenvalue weighted by atomic mass is 9.91. The van der Waals surface area contributed by atoms with E-state index in [1.165, 1.54) is 12.1 Å². The van der Waals surface area contributed by atoms with Crippen LogP contribution in [0.5, 0.6) is 0 Å². The number of halogens is 1. The Kier molecular flexibility index (Phi) is 4.84. The summed E-state index contributed by atoms with van der Waals surface area (Å²) >= 11 is 1.63. The number of amides is 1. The number of benzene rings is 1. The Bertz CT molecular complexity index is 882. The Morgan fingerprint density at radius 3 is 2.81 bits per heavy atom. The van der Waals surface area contributed by atoms with Crippen LogP contribution in [0.25, 0.3) is 5.69 Å². The third-order valence-electron chi connectivity index (χ3n) is 4.90. The van der Waals surface area contributed by atoms with Gasteiger partial charge >= 0.3 is 0 Å². The summed E-state index contributed by atoms with van der Waals surface area (Å²) in [6.07, 6.45) is 6.21. The maximum absolute atomic E-state index is 13.4. The number of aromatic nitrogens is 2. The molecule has 3 heterocycles. The fourth-order valence-corrected chi connectivity index (χ4v) is 4.14. The summed E-state index contributed by atoms with van der Waals surface area (Å²) in [6, 6.07) is 10.4. The van der Waals surface area contributed by atoms with Crippen molar-refractivity contribution in [3.05, 3.63) is 70.4 Å². The molecule has 0 unspecified atom stereocenters. The van der Waals surface area contributed by atoms with E-state index in [9.17, 15) is 9.18 Å². The van der Waals surface area contributed by atoms with Crippen molar-refractivity contribution in [2.75, 3.05) is 13.1 Å². The van der Waals surface area contributed by atoms with Crippen LogP contribution in [0, 0.1) is 5.82 Å². The number of carbonyl (C=O) groups is 1. The van der Waals surface area contributed by atoms with Gasteiger partial charge in [0, 0.05) is 24.2 Å². The van der Waals surface area contributed by atoms with Gasteiger partial charge in [0.25, 0.3) is 0 Å². The van der Waals surface area contributed by atoms with Crippen LogP contribution in [0.15, 0.2) is 54.2 Å². The van der Waals surface area contributed by atoms with E-state index in [4.69, 9.17) is 0 Å². The topological polar surface area (TPSA) is 38.1 Å².